The first kappa shape index (κ1) is 11.2. The first-order chi connectivity index (χ1) is 5.45. The second kappa shape index (κ2) is 4.29. The number of amides is 1. The number of likely N-dealkylation sites (N-methyl/N-ethyl adjacent to an activating group) is 1. The lowest BCUT2D eigenvalue weighted by atomic mass is 10.00. The molecule has 12 heavy (non-hydrogen) atoms. The molecule has 0 atom stereocenters. The summed E-state index contributed by atoms with van der Waals surface area (Å²) in [6.07, 6.45) is 4.33. The molecule has 0 aromatic heterocycles. The van der Waals surface area contributed by atoms with Crippen molar-refractivity contribution < 1.29 is 4.79 Å². The molecule has 0 unspecified atom stereocenters. The predicted octanol–water partition coefficient (Wildman–Crippen LogP) is 2.21. The van der Waals surface area contributed by atoms with E-state index in [0.717, 1.165) is 6.42 Å². The van der Waals surface area contributed by atoms with E-state index in [0.29, 0.717) is 0 Å². The summed E-state index contributed by atoms with van der Waals surface area (Å²) < 4.78 is 0. The van der Waals surface area contributed by atoms with Gasteiger partial charge in [0.25, 0.3) is 0 Å². The van der Waals surface area contributed by atoms with Crippen LogP contribution in [-0.2, 0) is 4.79 Å². The molecule has 70 valence electrons. The number of allylic oxidation sites excluding steroid dienone is 1. The minimum atomic E-state index is -0.0450. The van der Waals surface area contributed by atoms with Gasteiger partial charge in [0, 0.05) is 12.6 Å². The third-order valence-corrected chi connectivity index (χ3v) is 2.41. The highest BCUT2D eigenvalue weighted by Gasteiger charge is 2.23. The van der Waals surface area contributed by atoms with Crippen LogP contribution in [0.25, 0.3) is 0 Å². The Labute approximate surface area is 75.3 Å². The summed E-state index contributed by atoms with van der Waals surface area (Å²) in [5, 5.41) is 0. The van der Waals surface area contributed by atoms with Crippen LogP contribution in [-0.4, -0.2) is 23.4 Å². The molecule has 0 bridgehead atoms. The Morgan fingerprint density at radius 2 is 2.00 bits per heavy atom. The highest BCUT2D eigenvalue weighted by Crippen LogP contribution is 2.16. The van der Waals surface area contributed by atoms with E-state index in [4.69, 9.17) is 0 Å². The van der Waals surface area contributed by atoms with Crippen LogP contribution in [0.3, 0.4) is 0 Å². The summed E-state index contributed by atoms with van der Waals surface area (Å²) in [6, 6.07) is 0. The van der Waals surface area contributed by atoms with Gasteiger partial charge in [0.1, 0.15) is 0 Å². The van der Waals surface area contributed by atoms with E-state index in [9.17, 15) is 4.79 Å². The van der Waals surface area contributed by atoms with Gasteiger partial charge in [0.15, 0.2) is 0 Å². The number of hydrogen-bond acceptors (Lipinski definition) is 1. The lowest BCUT2D eigenvalue weighted by Gasteiger charge is -2.34. The molecular formula is C10H19NO. The minimum absolute atomic E-state index is 0.0450. The summed E-state index contributed by atoms with van der Waals surface area (Å²) in [5.74, 6) is 0.0735. The number of hydrogen-bond donors (Lipinski definition) is 0. The van der Waals surface area contributed by atoms with E-state index in [1.54, 1.807) is 17.1 Å². The largest absolute Gasteiger partial charge is 0.337 e. The van der Waals surface area contributed by atoms with Crippen molar-refractivity contribution in [2.24, 2.45) is 0 Å². The van der Waals surface area contributed by atoms with Gasteiger partial charge in [0.2, 0.25) is 5.91 Å². The lowest BCUT2D eigenvalue weighted by molar-refractivity contribution is -0.129. The molecule has 0 aliphatic heterocycles. The molecule has 0 aromatic carbocycles. The fourth-order valence-electron chi connectivity index (χ4n) is 0.790. The highest BCUT2D eigenvalue weighted by atomic mass is 16.2. The van der Waals surface area contributed by atoms with Gasteiger partial charge in [0.05, 0.1) is 0 Å². The summed E-state index contributed by atoms with van der Waals surface area (Å²) in [7, 11) is 1.84. The van der Waals surface area contributed by atoms with Gasteiger partial charge in [-0.25, -0.2) is 0 Å². The second-order valence-corrected chi connectivity index (χ2v) is 3.56. The third-order valence-electron chi connectivity index (χ3n) is 2.41. The van der Waals surface area contributed by atoms with Crippen molar-refractivity contribution in [3.8, 4) is 0 Å². The summed E-state index contributed by atoms with van der Waals surface area (Å²) in [4.78, 5) is 13.2. The van der Waals surface area contributed by atoms with Crippen LogP contribution in [0.1, 0.15) is 34.1 Å². The van der Waals surface area contributed by atoms with Crippen LogP contribution in [0.15, 0.2) is 12.2 Å². The average Bonchev–Trinajstić information content (AvgIpc) is 2.03. The Kier molecular flexibility index (Phi) is 4.01. The molecular weight excluding hydrogens is 150 g/mol. The van der Waals surface area contributed by atoms with E-state index >= 15 is 0 Å². The van der Waals surface area contributed by atoms with Crippen LogP contribution in [0.5, 0.6) is 0 Å². The first-order valence-electron chi connectivity index (χ1n) is 4.36. The summed E-state index contributed by atoms with van der Waals surface area (Å²) in [6.45, 7) is 8.06. The van der Waals surface area contributed by atoms with Crippen molar-refractivity contribution in [1.82, 2.24) is 4.90 Å². The van der Waals surface area contributed by atoms with Gasteiger partial charge < -0.3 is 4.90 Å². The molecule has 0 aliphatic rings. The maximum Gasteiger partial charge on any atom is 0.246 e. The van der Waals surface area contributed by atoms with Crippen LogP contribution >= 0.6 is 0 Å². The maximum absolute atomic E-state index is 11.4. The molecule has 2 nitrogen and oxygen atoms in total. The fourth-order valence-corrected chi connectivity index (χ4v) is 0.790. The number of carbonyl (C=O) groups excluding carboxylic acids is 1. The molecule has 0 fully saturated rings. The van der Waals surface area contributed by atoms with Crippen LogP contribution in [0.2, 0.25) is 0 Å². The van der Waals surface area contributed by atoms with Crippen LogP contribution in [0.4, 0.5) is 0 Å². The molecule has 0 saturated carbocycles. The smallest absolute Gasteiger partial charge is 0.246 e. The maximum atomic E-state index is 11.4. The van der Waals surface area contributed by atoms with Crippen molar-refractivity contribution in [2.75, 3.05) is 7.05 Å². The quantitative estimate of drug-likeness (QED) is 0.593. The molecule has 1 amide bonds. The monoisotopic (exact) mass is 169 g/mol. The van der Waals surface area contributed by atoms with Crippen molar-refractivity contribution in [2.45, 2.75) is 39.7 Å². The molecule has 2 heteroatoms. The molecule has 0 heterocycles. The second-order valence-electron chi connectivity index (χ2n) is 3.56. The van der Waals surface area contributed by atoms with Gasteiger partial charge >= 0.3 is 0 Å². The van der Waals surface area contributed by atoms with E-state index in [2.05, 4.69) is 20.8 Å². The Bertz CT molecular complexity index is 182. The molecule has 0 N–H and O–H groups in total. The Balaban J connectivity index is 4.37. The molecule has 0 radical (unpaired) electrons. The van der Waals surface area contributed by atoms with Gasteiger partial charge in [-0.3, -0.25) is 4.79 Å². The molecule has 0 rings (SSSR count). The van der Waals surface area contributed by atoms with E-state index < -0.39 is 0 Å². The van der Waals surface area contributed by atoms with Gasteiger partial charge in [-0.2, -0.15) is 0 Å². The highest BCUT2D eigenvalue weighted by molar-refractivity contribution is 5.87. The van der Waals surface area contributed by atoms with Crippen LogP contribution in [0, 0.1) is 0 Å². The van der Waals surface area contributed by atoms with Gasteiger partial charge in [-0.05, 0) is 33.3 Å². The minimum Gasteiger partial charge on any atom is -0.337 e. The third kappa shape index (κ3) is 2.68. The van der Waals surface area contributed by atoms with Gasteiger partial charge in [-0.1, -0.05) is 13.0 Å². The zero-order chi connectivity index (χ0) is 9.78. The number of nitrogens with zero attached hydrogens (tertiary/aromatic N) is 1. The first-order valence-corrected chi connectivity index (χ1v) is 4.36. The zero-order valence-corrected chi connectivity index (χ0v) is 8.72. The number of carbonyl (C=O) groups is 1. The molecule has 0 aromatic rings. The summed E-state index contributed by atoms with van der Waals surface area (Å²) >= 11 is 0. The normalized spacial score (nSPS) is 12.1. The van der Waals surface area contributed by atoms with E-state index in [1.807, 2.05) is 14.0 Å². The van der Waals surface area contributed by atoms with Crippen LogP contribution < -0.4 is 0 Å². The van der Waals surface area contributed by atoms with Gasteiger partial charge in [-0.15, -0.1) is 0 Å². The summed E-state index contributed by atoms with van der Waals surface area (Å²) in [5.41, 5.74) is -0.0450. The molecule has 0 saturated heterocycles. The van der Waals surface area contributed by atoms with Crippen molar-refractivity contribution in [3.63, 3.8) is 0 Å². The topological polar surface area (TPSA) is 20.3 Å². The molecule has 0 aliphatic carbocycles. The number of rotatable bonds is 3. The SMILES string of the molecule is CC=CC(=O)N(C)C(C)(C)CC. The Hall–Kier alpha value is -0.790. The van der Waals surface area contributed by atoms with E-state index in [-0.39, 0.29) is 11.4 Å². The lowest BCUT2D eigenvalue weighted by Crippen LogP contribution is -2.43. The van der Waals surface area contributed by atoms with Crippen molar-refractivity contribution >= 4 is 5.91 Å². The van der Waals surface area contributed by atoms with Crippen molar-refractivity contribution in [1.29, 1.82) is 0 Å². The standard InChI is InChI=1S/C10H19NO/c1-6-8-9(12)11(5)10(3,4)7-2/h6,8H,7H2,1-5H3. The Morgan fingerprint density at radius 3 is 2.33 bits per heavy atom. The zero-order valence-electron chi connectivity index (χ0n) is 8.72. The Morgan fingerprint density at radius 1 is 1.50 bits per heavy atom. The predicted molar refractivity (Wildman–Crippen MR) is 52.0 cm³/mol. The fraction of sp³-hybridized carbons (Fsp3) is 0.700. The molecule has 0 spiro atoms. The van der Waals surface area contributed by atoms with Crippen molar-refractivity contribution in [3.05, 3.63) is 12.2 Å². The average molecular weight is 169 g/mol. The van der Waals surface area contributed by atoms with E-state index in [1.165, 1.54) is 0 Å².